The number of hydrogen-bond acceptors (Lipinski definition) is 5. The molecule has 0 aliphatic rings. The van der Waals surface area contributed by atoms with E-state index in [1.54, 1.807) is 18.2 Å². The number of hydrogen-bond donors (Lipinski definition) is 3. The van der Waals surface area contributed by atoms with E-state index in [0.29, 0.717) is 9.90 Å². The summed E-state index contributed by atoms with van der Waals surface area (Å²) in [6.07, 6.45) is 0. The van der Waals surface area contributed by atoms with Gasteiger partial charge in [0.2, 0.25) is 0 Å². The lowest BCUT2D eigenvalue weighted by molar-refractivity contribution is 0.100. The third-order valence-corrected chi connectivity index (χ3v) is 6.50. The molecule has 2 amide bonds. The van der Waals surface area contributed by atoms with Gasteiger partial charge in [-0.25, -0.2) is 13.9 Å². The highest BCUT2D eigenvalue weighted by Crippen LogP contribution is 2.29. The minimum Gasteiger partial charge on any atom is -0.366 e. The van der Waals surface area contributed by atoms with Crippen LogP contribution in [0.2, 0.25) is 0 Å². The van der Waals surface area contributed by atoms with Gasteiger partial charge in [-0.2, -0.15) is 0 Å². The van der Waals surface area contributed by atoms with Crippen LogP contribution in [0.3, 0.4) is 0 Å². The number of primary amides is 1. The van der Waals surface area contributed by atoms with Crippen molar-refractivity contribution < 1.29 is 13.8 Å². The Kier molecular flexibility index (Phi) is 6.45. The topological polar surface area (TPSA) is 114 Å². The summed E-state index contributed by atoms with van der Waals surface area (Å²) in [7, 11) is -1.53. The molecule has 2 aromatic carbocycles. The molecule has 0 aliphatic heterocycles. The largest absolute Gasteiger partial charge is 0.366 e. The van der Waals surface area contributed by atoms with Crippen LogP contribution in [0, 0.1) is 0 Å². The van der Waals surface area contributed by atoms with Crippen LogP contribution < -0.4 is 15.8 Å². The van der Waals surface area contributed by atoms with Crippen LogP contribution in [-0.2, 0) is 11.0 Å². The molecule has 1 aromatic heterocycles. The third kappa shape index (κ3) is 5.18. The summed E-state index contributed by atoms with van der Waals surface area (Å²) in [5, 5.41) is 4.23. The van der Waals surface area contributed by atoms with Crippen LogP contribution in [0.4, 0.5) is 5.69 Å². The number of rotatable bonds is 6. The Morgan fingerprint density at radius 1 is 1.07 bits per heavy atom. The van der Waals surface area contributed by atoms with E-state index in [-0.39, 0.29) is 22.5 Å². The molecule has 1 unspecified atom stereocenters. The monoisotopic (exact) mass is 442 g/mol. The van der Waals surface area contributed by atoms with Crippen molar-refractivity contribution in [1.82, 2.24) is 9.71 Å². The zero-order valence-electron chi connectivity index (χ0n) is 16.8. The predicted molar refractivity (Wildman–Crippen MR) is 120 cm³/mol. The fraction of sp³-hybridized carbons (Fsp3) is 0.190. The molecule has 4 N–H and O–H groups in total. The van der Waals surface area contributed by atoms with E-state index in [1.807, 2.05) is 51.1 Å². The normalized spacial score (nSPS) is 12.4. The van der Waals surface area contributed by atoms with Crippen molar-refractivity contribution >= 4 is 39.8 Å². The molecule has 30 heavy (non-hydrogen) atoms. The first-order chi connectivity index (χ1) is 14.2. The van der Waals surface area contributed by atoms with Crippen LogP contribution in [0.1, 0.15) is 41.6 Å². The van der Waals surface area contributed by atoms with E-state index in [4.69, 9.17) is 5.73 Å². The van der Waals surface area contributed by atoms with E-state index in [2.05, 4.69) is 15.0 Å². The van der Waals surface area contributed by atoms with Gasteiger partial charge < -0.3 is 11.1 Å². The number of amides is 2. The fourth-order valence-corrected chi connectivity index (χ4v) is 4.70. The molecule has 0 spiro atoms. The second-order valence-corrected chi connectivity index (χ2v) is 9.78. The highest BCUT2D eigenvalue weighted by Gasteiger charge is 2.21. The van der Waals surface area contributed by atoms with Gasteiger partial charge in [0, 0.05) is 10.9 Å². The zero-order chi connectivity index (χ0) is 21.9. The molecule has 1 heterocycles. The van der Waals surface area contributed by atoms with E-state index in [0.717, 1.165) is 16.9 Å². The Morgan fingerprint density at radius 2 is 1.77 bits per heavy atom. The minimum absolute atomic E-state index is 0.111. The SMILES string of the molecule is CC(C)(C)NS(=O)c1nc(C(=O)Nc2cccc(-c3ccccc3)c2C(N)=O)cs1. The number of carbonyl (C=O) groups is 2. The van der Waals surface area contributed by atoms with Crippen molar-refractivity contribution in [3.63, 3.8) is 0 Å². The number of nitrogens with one attached hydrogen (secondary N) is 2. The van der Waals surface area contributed by atoms with Crippen molar-refractivity contribution in [3.05, 3.63) is 65.2 Å². The quantitative estimate of drug-likeness (QED) is 0.541. The average molecular weight is 443 g/mol. The van der Waals surface area contributed by atoms with Crippen molar-refractivity contribution in [3.8, 4) is 11.1 Å². The van der Waals surface area contributed by atoms with Crippen LogP contribution in [0.15, 0.2) is 58.3 Å². The van der Waals surface area contributed by atoms with E-state index in [9.17, 15) is 13.8 Å². The summed E-state index contributed by atoms with van der Waals surface area (Å²) in [6.45, 7) is 5.66. The fourth-order valence-electron chi connectivity index (χ4n) is 2.74. The highest BCUT2D eigenvalue weighted by molar-refractivity contribution is 7.85. The molecule has 0 fully saturated rings. The molecule has 0 aliphatic carbocycles. The Balaban J connectivity index is 1.88. The Hall–Kier alpha value is -2.88. The Bertz CT molecular complexity index is 1100. The smallest absolute Gasteiger partial charge is 0.275 e. The van der Waals surface area contributed by atoms with Gasteiger partial charge in [-0.3, -0.25) is 9.59 Å². The molecule has 1 atom stereocenters. The highest BCUT2D eigenvalue weighted by atomic mass is 32.2. The van der Waals surface area contributed by atoms with Crippen molar-refractivity contribution in [2.75, 3.05) is 5.32 Å². The van der Waals surface area contributed by atoms with Gasteiger partial charge in [-0.05, 0) is 38.0 Å². The predicted octanol–water partition coefficient (Wildman–Crippen LogP) is 3.57. The van der Waals surface area contributed by atoms with Gasteiger partial charge in [0.1, 0.15) is 5.69 Å². The number of carbonyl (C=O) groups excluding carboxylic acids is 2. The van der Waals surface area contributed by atoms with E-state index in [1.165, 1.54) is 5.38 Å². The van der Waals surface area contributed by atoms with Gasteiger partial charge in [0.05, 0.1) is 11.3 Å². The van der Waals surface area contributed by atoms with Crippen molar-refractivity contribution in [1.29, 1.82) is 0 Å². The molecule has 7 nitrogen and oxygen atoms in total. The summed E-state index contributed by atoms with van der Waals surface area (Å²) < 4.78 is 15.6. The third-order valence-electron chi connectivity index (χ3n) is 3.92. The van der Waals surface area contributed by atoms with Gasteiger partial charge in [-0.1, -0.05) is 42.5 Å². The molecule has 0 saturated heterocycles. The Labute approximate surface area is 181 Å². The van der Waals surface area contributed by atoms with Crippen LogP contribution in [0.5, 0.6) is 0 Å². The van der Waals surface area contributed by atoms with Gasteiger partial charge in [-0.15, -0.1) is 11.3 Å². The maximum atomic E-state index is 12.7. The molecule has 156 valence electrons. The first kappa shape index (κ1) is 21.8. The second-order valence-electron chi connectivity index (χ2n) is 7.53. The number of nitrogens with zero attached hydrogens (tertiary/aromatic N) is 1. The average Bonchev–Trinajstić information content (AvgIpc) is 3.17. The summed E-state index contributed by atoms with van der Waals surface area (Å²) in [5.74, 6) is -1.17. The first-order valence-electron chi connectivity index (χ1n) is 9.10. The lowest BCUT2D eigenvalue weighted by Crippen LogP contribution is -2.37. The molecular weight excluding hydrogens is 420 g/mol. The maximum absolute atomic E-state index is 12.7. The van der Waals surface area contributed by atoms with Crippen LogP contribution in [0.25, 0.3) is 11.1 Å². The number of nitrogens with two attached hydrogens (primary N) is 1. The summed E-state index contributed by atoms with van der Waals surface area (Å²) in [5.41, 5.74) is 7.29. The Morgan fingerprint density at radius 3 is 2.40 bits per heavy atom. The number of benzene rings is 2. The molecule has 9 heteroatoms. The van der Waals surface area contributed by atoms with Crippen LogP contribution in [-0.4, -0.2) is 26.5 Å². The minimum atomic E-state index is -1.53. The van der Waals surface area contributed by atoms with Crippen molar-refractivity contribution in [2.24, 2.45) is 5.73 Å². The standard InChI is InChI=1S/C21H22N4O3S2/c1-21(2,3)25-30(28)20-24-16(12-29-20)19(27)23-15-11-7-10-14(17(15)18(22)26)13-8-5-4-6-9-13/h4-12,25H,1-3H3,(H2,22,26)(H,23,27). The van der Waals surface area contributed by atoms with Gasteiger partial charge in [0.25, 0.3) is 11.8 Å². The van der Waals surface area contributed by atoms with Gasteiger partial charge in [0.15, 0.2) is 15.3 Å². The lowest BCUT2D eigenvalue weighted by atomic mass is 9.97. The molecule has 0 saturated carbocycles. The molecule has 0 radical (unpaired) electrons. The van der Waals surface area contributed by atoms with Crippen molar-refractivity contribution in [2.45, 2.75) is 30.6 Å². The molecule has 0 bridgehead atoms. The second kappa shape index (κ2) is 8.86. The van der Waals surface area contributed by atoms with E-state index < -0.39 is 22.8 Å². The number of thiazole rings is 1. The molecule has 3 rings (SSSR count). The van der Waals surface area contributed by atoms with E-state index >= 15 is 0 Å². The summed E-state index contributed by atoms with van der Waals surface area (Å²) in [6, 6.07) is 14.4. The molecular formula is C21H22N4O3S2. The summed E-state index contributed by atoms with van der Waals surface area (Å²) >= 11 is 1.12. The maximum Gasteiger partial charge on any atom is 0.275 e. The lowest BCUT2D eigenvalue weighted by Gasteiger charge is -2.18. The van der Waals surface area contributed by atoms with Gasteiger partial charge >= 0.3 is 0 Å². The zero-order valence-corrected chi connectivity index (χ0v) is 18.4. The molecule has 3 aromatic rings. The number of anilines is 1. The summed E-state index contributed by atoms with van der Waals surface area (Å²) in [4.78, 5) is 29.1. The first-order valence-corrected chi connectivity index (χ1v) is 11.1. The number of aromatic nitrogens is 1. The van der Waals surface area contributed by atoms with Crippen LogP contribution >= 0.6 is 11.3 Å².